The topological polar surface area (TPSA) is 164 Å². The van der Waals surface area contributed by atoms with Gasteiger partial charge in [-0.3, -0.25) is 14.4 Å². The second-order valence-electron chi connectivity index (χ2n) is 11.4. The van der Waals surface area contributed by atoms with Gasteiger partial charge >= 0.3 is 17.9 Å². The number of carboxylic acid groups (broad SMARTS) is 3. The molecule has 0 saturated carbocycles. The summed E-state index contributed by atoms with van der Waals surface area (Å²) < 4.78 is 18.8. The molecule has 11 nitrogen and oxygen atoms in total. The highest BCUT2D eigenvalue weighted by Gasteiger charge is 2.14. The van der Waals surface area contributed by atoms with E-state index in [1.165, 1.54) is 0 Å². The molecule has 53 heavy (non-hydrogen) atoms. The Labute approximate surface area is 334 Å². The molecule has 4 aromatic carbocycles. The summed E-state index contributed by atoms with van der Waals surface area (Å²) in [5.41, 5.74) is 5.16. The number of methoxy groups -OCH3 is 1. The van der Waals surface area contributed by atoms with Crippen LogP contribution < -0.4 is 24.8 Å². The third-order valence-electron chi connectivity index (χ3n) is 7.39. The number of carbonyl (C=O) groups is 3. The van der Waals surface area contributed by atoms with Gasteiger partial charge in [-0.15, -0.1) is 0 Å². The standard InChI is InChI=1S/C19H21Br2NO4.C19H19Cl2NO5/c1-3-22-16-6-4-5-13(18(16)25-2)11-26-19-14(20)9-12(10-15(19)21)7-8-17(23)24;20-15-9-12(4-5-17(23)24)10-16(21)19(15)27-11-13-2-1-3-14(8-13)22-7-6-18(25)26/h4-6,9-10,22H,3,7-8,11H2,1-2H3,(H,23,24);1-3,8-10,22H,4-7,11H2,(H,23,24)(H,25,26). The number of para-hydroxylation sites is 1. The van der Waals surface area contributed by atoms with Gasteiger partial charge in [-0.05, 0) is 111 Å². The van der Waals surface area contributed by atoms with Gasteiger partial charge in [-0.2, -0.15) is 0 Å². The summed E-state index contributed by atoms with van der Waals surface area (Å²) in [4.78, 5) is 32.0. The largest absolute Gasteiger partial charge is 0.494 e. The third kappa shape index (κ3) is 14.6. The molecule has 15 heteroatoms. The van der Waals surface area contributed by atoms with E-state index < -0.39 is 17.9 Å². The monoisotopic (exact) mass is 896 g/mol. The van der Waals surface area contributed by atoms with E-state index in [4.69, 9.17) is 52.7 Å². The highest BCUT2D eigenvalue weighted by Crippen LogP contribution is 2.38. The predicted octanol–water partition coefficient (Wildman–Crippen LogP) is 9.72. The van der Waals surface area contributed by atoms with Crippen LogP contribution in [-0.4, -0.2) is 53.4 Å². The molecule has 0 fully saturated rings. The maximum absolute atomic E-state index is 10.7. The van der Waals surface area contributed by atoms with E-state index in [0.29, 0.717) is 47.5 Å². The van der Waals surface area contributed by atoms with Gasteiger partial charge in [0, 0.05) is 37.2 Å². The van der Waals surface area contributed by atoms with Gasteiger partial charge in [0.15, 0.2) is 5.75 Å². The van der Waals surface area contributed by atoms with Crippen LogP contribution in [0.15, 0.2) is 75.7 Å². The van der Waals surface area contributed by atoms with E-state index in [2.05, 4.69) is 42.5 Å². The van der Waals surface area contributed by atoms with E-state index in [0.717, 1.165) is 54.9 Å². The Balaban J connectivity index is 0.000000286. The van der Waals surface area contributed by atoms with Gasteiger partial charge in [-0.25, -0.2) is 0 Å². The molecule has 0 aliphatic heterocycles. The number of hydrogen-bond acceptors (Lipinski definition) is 8. The average Bonchev–Trinajstić information content (AvgIpc) is 3.09. The Bertz CT molecular complexity index is 1830. The number of benzene rings is 4. The number of hydrogen-bond donors (Lipinski definition) is 5. The zero-order chi connectivity index (χ0) is 38.9. The molecule has 4 rings (SSSR count). The Morgan fingerprint density at radius 3 is 1.81 bits per heavy atom. The molecular formula is C38H40Br2Cl2N2O9. The molecule has 0 aromatic heterocycles. The van der Waals surface area contributed by atoms with Crippen molar-refractivity contribution in [2.75, 3.05) is 30.8 Å². The number of anilines is 2. The summed E-state index contributed by atoms with van der Waals surface area (Å²) in [5, 5.41) is 33.2. The van der Waals surface area contributed by atoms with E-state index in [9.17, 15) is 14.4 Å². The first-order chi connectivity index (χ1) is 25.3. The van der Waals surface area contributed by atoms with Crippen LogP contribution >= 0.6 is 55.1 Å². The highest BCUT2D eigenvalue weighted by molar-refractivity contribution is 9.11. The van der Waals surface area contributed by atoms with Gasteiger partial charge in [-0.1, -0.05) is 47.5 Å². The van der Waals surface area contributed by atoms with Crippen molar-refractivity contribution < 1.29 is 43.9 Å². The van der Waals surface area contributed by atoms with E-state index in [1.54, 1.807) is 19.2 Å². The molecule has 0 atom stereocenters. The highest BCUT2D eigenvalue weighted by atomic mass is 79.9. The number of nitrogens with one attached hydrogen (secondary N) is 2. The first-order valence-electron chi connectivity index (χ1n) is 16.4. The van der Waals surface area contributed by atoms with Crippen molar-refractivity contribution in [1.29, 1.82) is 0 Å². The molecule has 0 aliphatic rings. The molecule has 4 aromatic rings. The van der Waals surface area contributed by atoms with Crippen LogP contribution in [0.2, 0.25) is 10.0 Å². The summed E-state index contributed by atoms with van der Waals surface area (Å²) in [5.74, 6) is -0.802. The first kappa shape index (κ1) is 43.2. The number of rotatable bonds is 19. The predicted molar refractivity (Wildman–Crippen MR) is 213 cm³/mol. The Kier molecular flexibility index (Phi) is 18.1. The zero-order valence-corrected chi connectivity index (χ0v) is 33.7. The van der Waals surface area contributed by atoms with Crippen LogP contribution in [0, 0.1) is 0 Å². The lowest BCUT2D eigenvalue weighted by atomic mass is 10.1. The smallest absolute Gasteiger partial charge is 0.305 e. The molecular weight excluding hydrogens is 859 g/mol. The van der Waals surface area contributed by atoms with Crippen LogP contribution in [0.4, 0.5) is 11.4 Å². The molecule has 0 amide bonds. The third-order valence-corrected chi connectivity index (χ3v) is 9.13. The molecule has 0 aliphatic carbocycles. The number of aryl methyl sites for hydroxylation is 2. The second-order valence-corrected chi connectivity index (χ2v) is 14.0. The SMILES string of the molecule is CCNc1cccc(COc2c(Br)cc(CCC(=O)O)cc2Br)c1OC.O=C(O)CCNc1cccc(COc2c(Cl)cc(CCC(=O)O)cc2Cl)c1. The minimum absolute atomic E-state index is 0.00542. The van der Waals surface area contributed by atoms with E-state index in [1.807, 2.05) is 61.5 Å². The van der Waals surface area contributed by atoms with Crippen molar-refractivity contribution in [2.24, 2.45) is 0 Å². The van der Waals surface area contributed by atoms with E-state index >= 15 is 0 Å². The fourth-order valence-corrected chi connectivity index (χ4v) is 7.10. The number of halogens is 4. The quantitative estimate of drug-likeness (QED) is 0.0609. The van der Waals surface area contributed by atoms with Crippen LogP contribution in [-0.2, 0) is 40.4 Å². The van der Waals surface area contributed by atoms with Crippen molar-refractivity contribution in [3.8, 4) is 17.2 Å². The van der Waals surface area contributed by atoms with Gasteiger partial charge in [0.2, 0.25) is 0 Å². The minimum atomic E-state index is -0.889. The van der Waals surface area contributed by atoms with Crippen LogP contribution in [0.1, 0.15) is 48.4 Å². The van der Waals surface area contributed by atoms with Crippen LogP contribution in [0.5, 0.6) is 17.2 Å². The molecule has 0 unspecified atom stereocenters. The Morgan fingerprint density at radius 1 is 0.679 bits per heavy atom. The average molecular weight is 899 g/mol. The van der Waals surface area contributed by atoms with Crippen molar-refractivity contribution in [3.63, 3.8) is 0 Å². The summed E-state index contributed by atoms with van der Waals surface area (Å²) in [6.45, 7) is 3.73. The first-order valence-corrected chi connectivity index (χ1v) is 18.7. The van der Waals surface area contributed by atoms with Gasteiger partial charge in [0.25, 0.3) is 0 Å². The number of aliphatic carboxylic acids is 3. The summed E-state index contributed by atoms with van der Waals surface area (Å²) in [7, 11) is 1.64. The fraction of sp³-hybridized carbons (Fsp3) is 0.289. The normalized spacial score (nSPS) is 10.5. The van der Waals surface area contributed by atoms with Gasteiger partial charge in [0.05, 0.1) is 38.2 Å². The summed E-state index contributed by atoms with van der Waals surface area (Å²) >= 11 is 19.5. The lowest BCUT2D eigenvalue weighted by Gasteiger charge is -2.16. The molecule has 0 bridgehead atoms. The summed E-state index contributed by atoms with van der Waals surface area (Å²) in [6.07, 6.45) is 0.909. The number of carboxylic acids is 3. The van der Waals surface area contributed by atoms with Crippen molar-refractivity contribution in [2.45, 2.75) is 52.2 Å². The van der Waals surface area contributed by atoms with Crippen molar-refractivity contribution >= 4 is 84.3 Å². The minimum Gasteiger partial charge on any atom is -0.494 e. The van der Waals surface area contributed by atoms with Crippen LogP contribution in [0.3, 0.4) is 0 Å². The molecule has 5 N–H and O–H groups in total. The van der Waals surface area contributed by atoms with Crippen molar-refractivity contribution in [1.82, 2.24) is 0 Å². The maximum Gasteiger partial charge on any atom is 0.305 e. The van der Waals surface area contributed by atoms with E-state index in [-0.39, 0.29) is 25.9 Å². The van der Waals surface area contributed by atoms with Gasteiger partial charge < -0.3 is 40.2 Å². The second kappa shape index (κ2) is 22.1. The molecule has 0 heterocycles. The molecule has 284 valence electrons. The lowest BCUT2D eigenvalue weighted by Crippen LogP contribution is -2.07. The fourth-order valence-electron chi connectivity index (χ4n) is 4.95. The molecule has 0 radical (unpaired) electrons. The summed E-state index contributed by atoms with van der Waals surface area (Å²) in [6, 6.07) is 20.3. The van der Waals surface area contributed by atoms with Gasteiger partial charge in [0.1, 0.15) is 24.7 Å². The molecule has 0 saturated heterocycles. The number of ether oxygens (including phenoxy) is 3. The Morgan fingerprint density at radius 2 is 1.25 bits per heavy atom. The van der Waals surface area contributed by atoms with Crippen molar-refractivity contribution in [3.05, 3.63) is 108 Å². The maximum atomic E-state index is 10.7. The lowest BCUT2D eigenvalue weighted by molar-refractivity contribution is -0.138. The zero-order valence-electron chi connectivity index (χ0n) is 29.0. The molecule has 0 spiro atoms. The van der Waals surface area contributed by atoms with Crippen LogP contribution in [0.25, 0.3) is 0 Å². The Hall–Kier alpha value is -4.17.